The minimum atomic E-state index is 0.446. The molecule has 0 spiro atoms. The number of aryl methyl sites for hydroxylation is 1. The lowest BCUT2D eigenvalue weighted by molar-refractivity contribution is 0.413. The summed E-state index contributed by atoms with van der Waals surface area (Å²) in [6.07, 6.45) is 0. The van der Waals surface area contributed by atoms with Gasteiger partial charge >= 0.3 is 0 Å². The number of nitrogens with zero attached hydrogens (tertiary/aromatic N) is 1. The fourth-order valence-corrected chi connectivity index (χ4v) is 1.97. The Labute approximate surface area is 100 Å². The molecule has 90 valence electrons. The minimum absolute atomic E-state index is 0.446. The number of aromatic nitrogens is 1. The second-order valence-electron chi connectivity index (χ2n) is 3.82. The number of hydrogen-bond acceptors (Lipinski definition) is 4. The van der Waals surface area contributed by atoms with Gasteiger partial charge in [-0.05, 0) is 18.6 Å². The summed E-state index contributed by atoms with van der Waals surface area (Å²) in [5.41, 5.74) is 8.44. The van der Waals surface area contributed by atoms with E-state index in [0.717, 1.165) is 33.7 Å². The van der Waals surface area contributed by atoms with Crippen molar-refractivity contribution >= 4 is 10.9 Å². The van der Waals surface area contributed by atoms with Crippen LogP contribution in [0.3, 0.4) is 0 Å². The van der Waals surface area contributed by atoms with E-state index in [1.165, 1.54) is 0 Å². The first-order valence-electron chi connectivity index (χ1n) is 5.42. The highest BCUT2D eigenvalue weighted by Gasteiger charge is 2.12. The Morgan fingerprint density at radius 3 is 2.47 bits per heavy atom. The standard InChI is InChI=1S/C13H16N2O2/c1-8-6-11(17-3)12-9(7-14)4-5-10(16-2)13(12)15-8/h4-6H,7,14H2,1-3H3. The number of hydrogen-bond donors (Lipinski definition) is 1. The van der Waals surface area contributed by atoms with Gasteiger partial charge in [0.25, 0.3) is 0 Å². The predicted molar refractivity (Wildman–Crippen MR) is 67.5 cm³/mol. The van der Waals surface area contributed by atoms with Crippen molar-refractivity contribution in [2.75, 3.05) is 14.2 Å². The summed E-state index contributed by atoms with van der Waals surface area (Å²) in [4.78, 5) is 4.50. The zero-order chi connectivity index (χ0) is 12.4. The summed E-state index contributed by atoms with van der Waals surface area (Å²) < 4.78 is 10.7. The van der Waals surface area contributed by atoms with Crippen LogP contribution in [0.25, 0.3) is 10.9 Å². The van der Waals surface area contributed by atoms with Crippen LogP contribution in [0, 0.1) is 6.92 Å². The molecule has 0 bridgehead atoms. The number of pyridine rings is 1. The van der Waals surface area contributed by atoms with Crippen LogP contribution in [-0.2, 0) is 6.54 Å². The fraction of sp³-hybridized carbons (Fsp3) is 0.308. The molecule has 1 heterocycles. The van der Waals surface area contributed by atoms with Crippen molar-refractivity contribution in [3.05, 3.63) is 29.5 Å². The van der Waals surface area contributed by atoms with Crippen LogP contribution >= 0.6 is 0 Å². The molecule has 2 aromatic rings. The number of fused-ring (bicyclic) bond motifs is 1. The molecule has 2 N–H and O–H groups in total. The molecule has 0 aliphatic rings. The van der Waals surface area contributed by atoms with E-state index in [4.69, 9.17) is 15.2 Å². The highest BCUT2D eigenvalue weighted by Crippen LogP contribution is 2.34. The lowest BCUT2D eigenvalue weighted by Crippen LogP contribution is -2.01. The van der Waals surface area contributed by atoms with E-state index in [2.05, 4.69) is 4.98 Å². The maximum absolute atomic E-state index is 5.74. The minimum Gasteiger partial charge on any atom is -0.496 e. The molecule has 0 atom stereocenters. The van der Waals surface area contributed by atoms with E-state index < -0.39 is 0 Å². The Bertz CT molecular complexity index is 553. The first-order chi connectivity index (χ1) is 8.21. The molecule has 0 saturated carbocycles. The topological polar surface area (TPSA) is 57.4 Å². The van der Waals surface area contributed by atoms with Gasteiger partial charge in [0, 0.05) is 18.3 Å². The second-order valence-corrected chi connectivity index (χ2v) is 3.82. The van der Waals surface area contributed by atoms with Gasteiger partial charge in [0.05, 0.1) is 19.6 Å². The summed E-state index contributed by atoms with van der Waals surface area (Å²) in [6.45, 7) is 2.37. The first kappa shape index (κ1) is 11.7. The third kappa shape index (κ3) is 1.91. The quantitative estimate of drug-likeness (QED) is 0.879. The van der Waals surface area contributed by atoms with Crippen molar-refractivity contribution in [3.8, 4) is 11.5 Å². The van der Waals surface area contributed by atoms with E-state index in [0.29, 0.717) is 6.54 Å². The summed E-state index contributed by atoms with van der Waals surface area (Å²) in [5.74, 6) is 1.52. The maximum atomic E-state index is 5.74. The van der Waals surface area contributed by atoms with Gasteiger partial charge in [-0.15, -0.1) is 0 Å². The number of rotatable bonds is 3. The summed E-state index contributed by atoms with van der Waals surface area (Å²) in [5, 5.41) is 0.931. The van der Waals surface area contributed by atoms with Gasteiger partial charge in [-0.3, -0.25) is 0 Å². The number of benzene rings is 1. The Hall–Kier alpha value is -1.81. The molecule has 0 amide bonds. The monoisotopic (exact) mass is 232 g/mol. The molecular weight excluding hydrogens is 216 g/mol. The average Bonchev–Trinajstić information content (AvgIpc) is 2.36. The van der Waals surface area contributed by atoms with Crippen molar-refractivity contribution in [3.63, 3.8) is 0 Å². The van der Waals surface area contributed by atoms with Crippen molar-refractivity contribution < 1.29 is 9.47 Å². The number of methoxy groups -OCH3 is 2. The summed E-state index contributed by atoms with van der Waals surface area (Å²) in [6, 6.07) is 5.73. The Morgan fingerprint density at radius 1 is 1.18 bits per heavy atom. The van der Waals surface area contributed by atoms with E-state index >= 15 is 0 Å². The van der Waals surface area contributed by atoms with Crippen LogP contribution in [0.1, 0.15) is 11.3 Å². The van der Waals surface area contributed by atoms with Crippen LogP contribution in [0.4, 0.5) is 0 Å². The molecule has 0 radical (unpaired) electrons. The van der Waals surface area contributed by atoms with Gasteiger partial charge in [0.15, 0.2) is 0 Å². The predicted octanol–water partition coefficient (Wildman–Crippen LogP) is 2.02. The summed E-state index contributed by atoms with van der Waals surface area (Å²) >= 11 is 0. The van der Waals surface area contributed by atoms with Crippen LogP contribution in [-0.4, -0.2) is 19.2 Å². The lowest BCUT2D eigenvalue weighted by atomic mass is 10.1. The molecule has 4 nitrogen and oxygen atoms in total. The second kappa shape index (κ2) is 4.59. The Morgan fingerprint density at radius 2 is 1.88 bits per heavy atom. The van der Waals surface area contributed by atoms with Gasteiger partial charge in [-0.1, -0.05) is 6.07 Å². The molecule has 2 rings (SSSR count). The van der Waals surface area contributed by atoms with Crippen LogP contribution < -0.4 is 15.2 Å². The highest BCUT2D eigenvalue weighted by molar-refractivity contribution is 5.93. The van der Waals surface area contributed by atoms with Gasteiger partial charge in [0.1, 0.15) is 17.0 Å². The van der Waals surface area contributed by atoms with Crippen molar-refractivity contribution in [1.82, 2.24) is 4.98 Å². The third-order valence-corrected chi connectivity index (χ3v) is 2.76. The normalized spacial score (nSPS) is 10.6. The molecule has 0 aliphatic heterocycles. The molecular formula is C13H16N2O2. The molecule has 0 unspecified atom stereocenters. The maximum Gasteiger partial charge on any atom is 0.145 e. The van der Waals surface area contributed by atoms with Gasteiger partial charge < -0.3 is 15.2 Å². The fourth-order valence-electron chi connectivity index (χ4n) is 1.97. The highest BCUT2D eigenvalue weighted by atomic mass is 16.5. The largest absolute Gasteiger partial charge is 0.496 e. The Balaban J connectivity index is 2.89. The molecule has 0 saturated heterocycles. The number of ether oxygens (including phenoxy) is 2. The van der Waals surface area contributed by atoms with Gasteiger partial charge in [-0.2, -0.15) is 0 Å². The molecule has 1 aromatic carbocycles. The zero-order valence-corrected chi connectivity index (χ0v) is 10.3. The zero-order valence-electron chi connectivity index (χ0n) is 10.3. The van der Waals surface area contributed by atoms with E-state index in [1.807, 2.05) is 25.1 Å². The van der Waals surface area contributed by atoms with Crippen LogP contribution in [0.15, 0.2) is 18.2 Å². The smallest absolute Gasteiger partial charge is 0.145 e. The van der Waals surface area contributed by atoms with Gasteiger partial charge in [-0.25, -0.2) is 4.98 Å². The van der Waals surface area contributed by atoms with Gasteiger partial charge in [0.2, 0.25) is 0 Å². The van der Waals surface area contributed by atoms with E-state index in [-0.39, 0.29) is 0 Å². The van der Waals surface area contributed by atoms with Crippen LogP contribution in [0.5, 0.6) is 11.5 Å². The number of nitrogens with two attached hydrogens (primary N) is 1. The Kier molecular flexibility index (Phi) is 3.15. The van der Waals surface area contributed by atoms with E-state index in [1.54, 1.807) is 14.2 Å². The third-order valence-electron chi connectivity index (χ3n) is 2.76. The van der Waals surface area contributed by atoms with Crippen molar-refractivity contribution in [1.29, 1.82) is 0 Å². The molecule has 0 aliphatic carbocycles. The van der Waals surface area contributed by atoms with E-state index in [9.17, 15) is 0 Å². The summed E-state index contributed by atoms with van der Waals surface area (Å²) in [7, 11) is 3.28. The molecule has 1 aromatic heterocycles. The van der Waals surface area contributed by atoms with Crippen molar-refractivity contribution in [2.45, 2.75) is 13.5 Å². The first-order valence-corrected chi connectivity index (χ1v) is 5.42. The molecule has 0 fully saturated rings. The van der Waals surface area contributed by atoms with Crippen molar-refractivity contribution in [2.24, 2.45) is 5.73 Å². The van der Waals surface area contributed by atoms with Crippen LogP contribution in [0.2, 0.25) is 0 Å². The SMILES string of the molecule is COc1ccc(CN)c2c(OC)cc(C)nc12. The molecule has 17 heavy (non-hydrogen) atoms. The average molecular weight is 232 g/mol. The lowest BCUT2D eigenvalue weighted by Gasteiger charge is -2.13. The molecule has 4 heteroatoms.